The molecular formula is C8H13NO2. The third-order valence-corrected chi connectivity index (χ3v) is 2.27. The van der Waals surface area contributed by atoms with Gasteiger partial charge in [0.25, 0.3) is 0 Å². The molecule has 0 atom stereocenters. The minimum atomic E-state index is 0.236. The van der Waals surface area contributed by atoms with Gasteiger partial charge in [-0.1, -0.05) is 0 Å². The summed E-state index contributed by atoms with van der Waals surface area (Å²) in [6.07, 6.45) is 5.51. The summed E-state index contributed by atoms with van der Waals surface area (Å²) >= 11 is 0. The quantitative estimate of drug-likeness (QED) is 0.603. The largest absolute Gasteiger partial charge is 0.356 e. The monoisotopic (exact) mass is 155 g/mol. The molecule has 0 aromatic carbocycles. The molecular weight excluding hydrogens is 142 g/mol. The standard InChI is InChI=1S/C8H13NO2/c10-5-7-1-3-8(4-2-7)9-6-11/h5-8H,1-4H2,(H,9,11). The summed E-state index contributed by atoms with van der Waals surface area (Å²) in [5, 5.41) is 2.73. The molecule has 0 radical (unpaired) electrons. The van der Waals surface area contributed by atoms with Crippen LogP contribution in [0.3, 0.4) is 0 Å². The molecule has 0 unspecified atom stereocenters. The average molecular weight is 155 g/mol. The summed E-state index contributed by atoms with van der Waals surface area (Å²) in [5.74, 6) is 0.236. The van der Waals surface area contributed by atoms with Crippen molar-refractivity contribution in [2.75, 3.05) is 0 Å². The lowest BCUT2D eigenvalue weighted by Gasteiger charge is -2.24. The van der Waals surface area contributed by atoms with Gasteiger partial charge in [-0.25, -0.2) is 0 Å². The highest BCUT2D eigenvalue weighted by Gasteiger charge is 2.19. The predicted molar refractivity (Wildman–Crippen MR) is 41.0 cm³/mol. The summed E-state index contributed by atoms with van der Waals surface area (Å²) in [5.41, 5.74) is 0. The highest BCUT2D eigenvalue weighted by molar-refractivity contribution is 5.53. The van der Waals surface area contributed by atoms with E-state index in [2.05, 4.69) is 5.32 Å². The number of aldehydes is 1. The molecule has 1 aliphatic carbocycles. The van der Waals surface area contributed by atoms with E-state index >= 15 is 0 Å². The van der Waals surface area contributed by atoms with E-state index in [9.17, 15) is 9.59 Å². The molecule has 0 aromatic rings. The van der Waals surface area contributed by atoms with Crippen LogP contribution in [-0.2, 0) is 9.59 Å². The van der Waals surface area contributed by atoms with Crippen molar-refractivity contribution in [2.45, 2.75) is 31.7 Å². The molecule has 0 saturated heterocycles. The first-order valence-electron chi connectivity index (χ1n) is 4.02. The summed E-state index contributed by atoms with van der Waals surface area (Å²) < 4.78 is 0. The van der Waals surface area contributed by atoms with Gasteiger partial charge in [-0.15, -0.1) is 0 Å². The molecule has 0 aliphatic heterocycles. The van der Waals surface area contributed by atoms with Gasteiger partial charge in [0.05, 0.1) is 0 Å². The smallest absolute Gasteiger partial charge is 0.207 e. The maximum atomic E-state index is 10.3. The van der Waals surface area contributed by atoms with Crippen molar-refractivity contribution in [3.8, 4) is 0 Å². The third kappa shape index (κ3) is 2.33. The van der Waals surface area contributed by atoms with Gasteiger partial charge in [0.1, 0.15) is 6.29 Å². The molecule has 0 bridgehead atoms. The van der Waals surface area contributed by atoms with E-state index in [1.807, 2.05) is 0 Å². The van der Waals surface area contributed by atoms with Crippen LogP contribution in [0.4, 0.5) is 0 Å². The van der Waals surface area contributed by atoms with E-state index in [4.69, 9.17) is 0 Å². The highest BCUT2D eigenvalue weighted by Crippen LogP contribution is 2.21. The lowest BCUT2D eigenvalue weighted by Crippen LogP contribution is -2.32. The van der Waals surface area contributed by atoms with Crippen LogP contribution in [0, 0.1) is 5.92 Å². The Labute approximate surface area is 66.2 Å². The van der Waals surface area contributed by atoms with Crippen molar-refractivity contribution in [1.29, 1.82) is 0 Å². The number of rotatable bonds is 3. The van der Waals surface area contributed by atoms with Gasteiger partial charge >= 0.3 is 0 Å². The fourth-order valence-electron chi connectivity index (χ4n) is 1.52. The van der Waals surface area contributed by atoms with Gasteiger partial charge < -0.3 is 10.1 Å². The molecule has 1 N–H and O–H groups in total. The first kappa shape index (κ1) is 8.24. The van der Waals surface area contributed by atoms with Gasteiger partial charge in [-0.05, 0) is 25.7 Å². The maximum Gasteiger partial charge on any atom is 0.207 e. The Bertz CT molecular complexity index is 139. The van der Waals surface area contributed by atoms with E-state index < -0.39 is 0 Å². The van der Waals surface area contributed by atoms with Crippen molar-refractivity contribution >= 4 is 12.7 Å². The van der Waals surface area contributed by atoms with Gasteiger partial charge in [-0.2, -0.15) is 0 Å². The fraction of sp³-hybridized carbons (Fsp3) is 0.750. The van der Waals surface area contributed by atoms with E-state index in [0.717, 1.165) is 38.4 Å². The van der Waals surface area contributed by atoms with E-state index in [1.54, 1.807) is 0 Å². The van der Waals surface area contributed by atoms with E-state index in [1.165, 1.54) is 0 Å². The summed E-state index contributed by atoms with van der Waals surface area (Å²) in [6, 6.07) is 0.309. The zero-order chi connectivity index (χ0) is 8.10. The normalized spacial score (nSPS) is 30.9. The molecule has 1 aliphatic rings. The van der Waals surface area contributed by atoms with Crippen LogP contribution in [0.1, 0.15) is 25.7 Å². The predicted octanol–water partition coefficient (Wildman–Crippen LogP) is 0.490. The molecule has 1 saturated carbocycles. The van der Waals surface area contributed by atoms with Crippen LogP contribution >= 0.6 is 0 Å². The Morgan fingerprint density at radius 3 is 2.18 bits per heavy atom. The van der Waals surface area contributed by atoms with Crippen molar-refractivity contribution in [3.63, 3.8) is 0 Å². The van der Waals surface area contributed by atoms with Crippen LogP contribution < -0.4 is 5.32 Å². The molecule has 0 spiro atoms. The summed E-state index contributed by atoms with van der Waals surface area (Å²) in [6.45, 7) is 0. The SMILES string of the molecule is O=CNC1CCC(C=O)CC1. The number of amides is 1. The Kier molecular flexibility index (Phi) is 3.08. The van der Waals surface area contributed by atoms with Crippen molar-refractivity contribution in [1.82, 2.24) is 5.32 Å². The lowest BCUT2D eigenvalue weighted by molar-refractivity contribution is -0.112. The van der Waals surface area contributed by atoms with Crippen LogP contribution in [0.25, 0.3) is 0 Å². The molecule has 3 nitrogen and oxygen atoms in total. The van der Waals surface area contributed by atoms with Crippen LogP contribution in [0.2, 0.25) is 0 Å². The third-order valence-electron chi connectivity index (χ3n) is 2.27. The summed E-state index contributed by atoms with van der Waals surface area (Å²) in [7, 11) is 0. The molecule has 1 fully saturated rings. The lowest BCUT2D eigenvalue weighted by atomic mass is 9.87. The van der Waals surface area contributed by atoms with Crippen molar-refractivity contribution in [3.05, 3.63) is 0 Å². The molecule has 11 heavy (non-hydrogen) atoms. The van der Waals surface area contributed by atoms with E-state index in [0.29, 0.717) is 6.04 Å². The summed E-state index contributed by atoms with van der Waals surface area (Å²) in [4.78, 5) is 20.4. The first-order valence-corrected chi connectivity index (χ1v) is 4.02. The molecule has 3 heteroatoms. The zero-order valence-electron chi connectivity index (χ0n) is 6.45. The zero-order valence-corrected chi connectivity index (χ0v) is 6.45. The van der Waals surface area contributed by atoms with Gasteiger partial charge in [0, 0.05) is 12.0 Å². The van der Waals surface area contributed by atoms with Crippen molar-refractivity contribution in [2.24, 2.45) is 5.92 Å². The molecule has 1 rings (SSSR count). The number of hydrogen-bond acceptors (Lipinski definition) is 2. The van der Waals surface area contributed by atoms with Crippen molar-refractivity contribution < 1.29 is 9.59 Å². The Balaban J connectivity index is 2.23. The van der Waals surface area contributed by atoms with Gasteiger partial charge in [0.15, 0.2) is 0 Å². The van der Waals surface area contributed by atoms with E-state index in [-0.39, 0.29) is 5.92 Å². The van der Waals surface area contributed by atoms with Crippen LogP contribution in [-0.4, -0.2) is 18.7 Å². The maximum absolute atomic E-state index is 10.3. The minimum Gasteiger partial charge on any atom is -0.356 e. The van der Waals surface area contributed by atoms with Gasteiger partial charge in [0.2, 0.25) is 6.41 Å². The van der Waals surface area contributed by atoms with Gasteiger partial charge in [-0.3, -0.25) is 4.79 Å². The minimum absolute atomic E-state index is 0.236. The second kappa shape index (κ2) is 4.11. The first-order chi connectivity index (χ1) is 5.36. The second-order valence-corrected chi connectivity index (χ2v) is 3.03. The Morgan fingerprint density at radius 1 is 1.09 bits per heavy atom. The molecule has 0 heterocycles. The number of carbonyl (C=O) groups excluding carboxylic acids is 2. The topological polar surface area (TPSA) is 46.2 Å². The molecule has 0 aromatic heterocycles. The Hall–Kier alpha value is -0.860. The average Bonchev–Trinajstić information content (AvgIpc) is 2.07. The molecule has 1 amide bonds. The number of nitrogens with one attached hydrogen (secondary N) is 1. The van der Waals surface area contributed by atoms with Crippen LogP contribution in [0.5, 0.6) is 0 Å². The second-order valence-electron chi connectivity index (χ2n) is 3.03. The fourth-order valence-corrected chi connectivity index (χ4v) is 1.52. The Morgan fingerprint density at radius 2 is 1.73 bits per heavy atom. The highest BCUT2D eigenvalue weighted by atomic mass is 16.1. The number of hydrogen-bond donors (Lipinski definition) is 1. The van der Waals surface area contributed by atoms with Crippen LogP contribution in [0.15, 0.2) is 0 Å². The molecule has 62 valence electrons. The number of carbonyl (C=O) groups is 2.